The number of rotatable bonds is 6. The summed E-state index contributed by atoms with van der Waals surface area (Å²) in [6, 6.07) is 3.39. The minimum Gasteiger partial charge on any atom is -0.496 e. The van der Waals surface area contributed by atoms with Gasteiger partial charge >= 0.3 is 5.97 Å². The highest BCUT2D eigenvalue weighted by Gasteiger charge is 2.18. The number of carbonyl (C=O) groups is 1. The smallest absolute Gasteiger partial charge is 0.322 e. The normalized spacial score (nSPS) is 12.1. The maximum atomic E-state index is 11.0. The highest BCUT2D eigenvalue weighted by Crippen LogP contribution is 2.28. The largest absolute Gasteiger partial charge is 0.496 e. The fourth-order valence-electron chi connectivity index (χ4n) is 2.07. The molecule has 0 saturated heterocycles. The summed E-state index contributed by atoms with van der Waals surface area (Å²) < 4.78 is 5.28. The first-order chi connectivity index (χ1) is 8.90. The van der Waals surface area contributed by atoms with Gasteiger partial charge in [-0.2, -0.15) is 0 Å². The van der Waals surface area contributed by atoms with Crippen LogP contribution >= 0.6 is 0 Å². The third-order valence-corrected chi connectivity index (χ3v) is 3.23. The molecule has 0 aromatic heterocycles. The molecule has 0 heterocycles. The van der Waals surface area contributed by atoms with Gasteiger partial charge in [-0.1, -0.05) is 0 Å². The Kier molecular flexibility index (Phi) is 5.18. The van der Waals surface area contributed by atoms with Gasteiger partial charge in [-0.05, 0) is 44.2 Å². The molecule has 0 amide bonds. The van der Waals surface area contributed by atoms with Crippen LogP contribution in [0.2, 0.25) is 0 Å². The van der Waals surface area contributed by atoms with Crippen molar-refractivity contribution in [3.63, 3.8) is 0 Å². The zero-order valence-electron chi connectivity index (χ0n) is 12.2. The summed E-state index contributed by atoms with van der Waals surface area (Å²) >= 11 is 0. The molecule has 106 valence electrons. The first-order valence-corrected chi connectivity index (χ1v) is 6.17. The fraction of sp³-hybridized carbons (Fsp3) is 0.500. The molecule has 0 bridgehead atoms. The molecular formula is C14H22N2O3. The Labute approximate surface area is 114 Å². The minimum atomic E-state index is -0.850. The number of nitrogens with zero attached hydrogens (tertiary/aromatic N) is 1. The van der Waals surface area contributed by atoms with E-state index >= 15 is 0 Å². The second-order valence-electron chi connectivity index (χ2n) is 4.67. The van der Waals surface area contributed by atoms with Crippen LogP contribution in [0.15, 0.2) is 12.1 Å². The molecule has 1 unspecified atom stereocenters. The second kappa shape index (κ2) is 6.43. The molecule has 0 saturated carbocycles. The summed E-state index contributed by atoms with van der Waals surface area (Å²) in [6.45, 7) is 4.36. The zero-order chi connectivity index (χ0) is 14.6. The van der Waals surface area contributed by atoms with Crippen LogP contribution in [-0.4, -0.2) is 44.9 Å². The highest BCUT2D eigenvalue weighted by atomic mass is 16.5. The molecule has 19 heavy (non-hydrogen) atoms. The van der Waals surface area contributed by atoms with Crippen molar-refractivity contribution in [1.29, 1.82) is 0 Å². The number of aryl methyl sites for hydroxylation is 2. The summed E-state index contributed by atoms with van der Waals surface area (Å²) in [6.07, 6.45) is 0. The van der Waals surface area contributed by atoms with Crippen molar-refractivity contribution in [2.75, 3.05) is 32.6 Å². The van der Waals surface area contributed by atoms with E-state index in [-0.39, 0.29) is 0 Å². The van der Waals surface area contributed by atoms with Crippen molar-refractivity contribution < 1.29 is 14.6 Å². The highest BCUT2D eigenvalue weighted by molar-refractivity contribution is 5.74. The van der Waals surface area contributed by atoms with Gasteiger partial charge in [0, 0.05) is 19.3 Å². The molecule has 0 aliphatic heterocycles. The monoisotopic (exact) mass is 266 g/mol. The number of methoxy groups -OCH3 is 1. The Morgan fingerprint density at radius 2 is 2.05 bits per heavy atom. The van der Waals surface area contributed by atoms with Crippen LogP contribution in [0.1, 0.15) is 11.1 Å². The third kappa shape index (κ3) is 3.61. The van der Waals surface area contributed by atoms with Crippen LogP contribution in [0.25, 0.3) is 0 Å². The van der Waals surface area contributed by atoms with E-state index < -0.39 is 12.0 Å². The van der Waals surface area contributed by atoms with E-state index in [0.717, 1.165) is 22.6 Å². The van der Waals surface area contributed by atoms with Crippen molar-refractivity contribution in [2.45, 2.75) is 19.9 Å². The molecule has 2 N–H and O–H groups in total. The Bertz CT molecular complexity index is 460. The molecular weight excluding hydrogens is 244 g/mol. The summed E-state index contributed by atoms with van der Waals surface area (Å²) in [5.74, 6) is -0.00436. The molecule has 0 aliphatic rings. The van der Waals surface area contributed by atoms with Crippen LogP contribution in [0.5, 0.6) is 5.75 Å². The number of carboxylic acids is 1. The van der Waals surface area contributed by atoms with Crippen LogP contribution in [0.3, 0.4) is 0 Å². The maximum absolute atomic E-state index is 11.0. The van der Waals surface area contributed by atoms with Gasteiger partial charge in [-0.15, -0.1) is 0 Å². The molecule has 1 aromatic rings. The number of anilines is 1. The summed E-state index contributed by atoms with van der Waals surface area (Å²) in [5.41, 5.74) is 3.11. The Morgan fingerprint density at radius 1 is 1.42 bits per heavy atom. The van der Waals surface area contributed by atoms with Gasteiger partial charge in [-0.25, -0.2) is 0 Å². The molecule has 0 fully saturated rings. The topological polar surface area (TPSA) is 61.8 Å². The quantitative estimate of drug-likeness (QED) is 0.815. The summed E-state index contributed by atoms with van der Waals surface area (Å²) in [7, 11) is 5.19. The SMILES string of the molecule is CNC(CN(C)c1cc(C)c(OC)cc1C)C(=O)O. The Morgan fingerprint density at radius 3 is 2.53 bits per heavy atom. The molecule has 0 aliphatic carbocycles. The molecule has 5 heteroatoms. The predicted molar refractivity (Wildman–Crippen MR) is 76.2 cm³/mol. The lowest BCUT2D eigenvalue weighted by molar-refractivity contribution is -0.139. The van der Waals surface area contributed by atoms with Crippen molar-refractivity contribution in [2.24, 2.45) is 0 Å². The van der Waals surface area contributed by atoms with Gasteiger partial charge in [-0.3, -0.25) is 4.79 Å². The van der Waals surface area contributed by atoms with Crippen LogP contribution in [0, 0.1) is 13.8 Å². The van der Waals surface area contributed by atoms with Crippen molar-refractivity contribution in [3.8, 4) is 5.75 Å². The Balaban J connectivity index is 2.96. The van der Waals surface area contributed by atoms with E-state index in [4.69, 9.17) is 9.84 Å². The van der Waals surface area contributed by atoms with Crippen LogP contribution in [0.4, 0.5) is 5.69 Å². The van der Waals surface area contributed by atoms with E-state index in [1.807, 2.05) is 37.9 Å². The lowest BCUT2D eigenvalue weighted by atomic mass is 10.1. The number of benzene rings is 1. The lowest BCUT2D eigenvalue weighted by Gasteiger charge is -2.25. The summed E-state index contributed by atoms with van der Waals surface area (Å²) in [5, 5.41) is 11.9. The number of hydrogen-bond donors (Lipinski definition) is 2. The molecule has 0 radical (unpaired) electrons. The second-order valence-corrected chi connectivity index (χ2v) is 4.67. The number of ether oxygens (including phenoxy) is 1. The van der Waals surface area contributed by atoms with Gasteiger partial charge < -0.3 is 20.1 Å². The predicted octanol–water partition coefficient (Wildman–Crippen LogP) is 1.42. The molecule has 1 aromatic carbocycles. The minimum absolute atomic E-state index is 0.401. The average molecular weight is 266 g/mol. The van der Waals surface area contributed by atoms with Crippen molar-refractivity contribution in [3.05, 3.63) is 23.3 Å². The van der Waals surface area contributed by atoms with Gasteiger partial charge in [0.15, 0.2) is 0 Å². The molecule has 1 atom stereocenters. The fourth-order valence-corrected chi connectivity index (χ4v) is 2.07. The number of likely N-dealkylation sites (N-methyl/N-ethyl adjacent to an activating group) is 2. The van der Waals surface area contributed by atoms with E-state index in [2.05, 4.69) is 5.32 Å². The van der Waals surface area contributed by atoms with Gasteiger partial charge in [0.25, 0.3) is 0 Å². The van der Waals surface area contributed by atoms with Gasteiger partial charge in [0.1, 0.15) is 11.8 Å². The average Bonchev–Trinajstić information content (AvgIpc) is 2.37. The number of aliphatic carboxylic acids is 1. The van der Waals surface area contributed by atoms with Crippen LogP contribution in [-0.2, 0) is 4.79 Å². The van der Waals surface area contributed by atoms with E-state index in [1.54, 1.807) is 14.2 Å². The first-order valence-electron chi connectivity index (χ1n) is 6.17. The summed E-state index contributed by atoms with van der Waals surface area (Å²) in [4.78, 5) is 13.0. The third-order valence-electron chi connectivity index (χ3n) is 3.23. The molecule has 0 spiro atoms. The Hall–Kier alpha value is -1.75. The van der Waals surface area contributed by atoms with Crippen molar-refractivity contribution in [1.82, 2.24) is 5.32 Å². The van der Waals surface area contributed by atoms with E-state index in [0.29, 0.717) is 6.54 Å². The zero-order valence-corrected chi connectivity index (χ0v) is 12.2. The first kappa shape index (κ1) is 15.3. The number of hydrogen-bond acceptors (Lipinski definition) is 4. The maximum Gasteiger partial charge on any atom is 0.322 e. The van der Waals surface area contributed by atoms with E-state index in [1.165, 1.54) is 0 Å². The molecule has 5 nitrogen and oxygen atoms in total. The standard InChI is InChI=1S/C14H22N2O3/c1-9-7-13(19-5)10(2)6-12(9)16(4)8-11(15-3)14(17)18/h6-7,11,15H,8H2,1-5H3,(H,17,18). The number of carboxylic acid groups (broad SMARTS) is 1. The van der Waals surface area contributed by atoms with Gasteiger partial charge in [0.2, 0.25) is 0 Å². The number of nitrogens with one attached hydrogen (secondary N) is 1. The van der Waals surface area contributed by atoms with Gasteiger partial charge in [0.05, 0.1) is 7.11 Å². The lowest BCUT2D eigenvalue weighted by Crippen LogP contribution is -2.43. The van der Waals surface area contributed by atoms with Crippen LogP contribution < -0.4 is 15.0 Å². The molecule has 1 rings (SSSR count). The van der Waals surface area contributed by atoms with E-state index in [9.17, 15) is 4.79 Å². The van der Waals surface area contributed by atoms with Crippen molar-refractivity contribution >= 4 is 11.7 Å².